The minimum absolute atomic E-state index is 0.221. The second-order valence-corrected chi connectivity index (χ2v) is 7.60. The van der Waals surface area contributed by atoms with Crippen molar-refractivity contribution >= 4 is 32.8 Å². The molecule has 1 unspecified atom stereocenters. The van der Waals surface area contributed by atoms with Gasteiger partial charge in [0.25, 0.3) is 5.69 Å². The lowest BCUT2D eigenvalue weighted by Gasteiger charge is -2.18. The fourth-order valence-electron chi connectivity index (χ4n) is 2.30. The summed E-state index contributed by atoms with van der Waals surface area (Å²) in [6.07, 6.45) is 0.885. The molecule has 6 nitrogen and oxygen atoms in total. The third-order valence-corrected chi connectivity index (χ3v) is 4.83. The fourth-order valence-corrected chi connectivity index (χ4v) is 3.49. The van der Waals surface area contributed by atoms with Crippen LogP contribution in [0, 0.1) is 15.9 Å². The molecule has 24 heavy (non-hydrogen) atoms. The van der Waals surface area contributed by atoms with Gasteiger partial charge in [-0.05, 0) is 31.2 Å². The molecule has 0 amide bonds. The van der Waals surface area contributed by atoms with Crippen molar-refractivity contribution in [3.05, 3.63) is 62.9 Å². The Hall–Kier alpha value is -2.19. The standard InChI is InChI=1S/C15H14ClFN2O4S/c1-9(15-11(16)4-3-5-12(15)17)18-10-6-7-13(19(20)21)14(8-10)24(2,22)23/h3-9,18H,1-2H3. The van der Waals surface area contributed by atoms with Crippen LogP contribution in [-0.2, 0) is 9.84 Å². The van der Waals surface area contributed by atoms with E-state index in [1.165, 1.54) is 24.3 Å². The average molecular weight is 373 g/mol. The maximum atomic E-state index is 13.9. The van der Waals surface area contributed by atoms with Crippen molar-refractivity contribution in [3.8, 4) is 0 Å². The van der Waals surface area contributed by atoms with E-state index in [2.05, 4.69) is 5.32 Å². The fraction of sp³-hybridized carbons (Fsp3) is 0.200. The number of hydrogen-bond donors (Lipinski definition) is 1. The van der Waals surface area contributed by atoms with Crippen molar-refractivity contribution in [2.45, 2.75) is 17.9 Å². The molecule has 2 aromatic rings. The van der Waals surface area contributed by atoms with Crippen molar-refractivity contribution in [1.82, 2.24) is 0 Å². The van der Waals surface area contributed by atoms with Gasteiger partial charge in [-0.1, -0.05) is 17.7 Å². The zero-order valence-corrected chi connectivity index (χ0v) is 14.4. The lowest BCUT2D eigenvalue weighted by Crippen LogP contribution is -2.10. The van der Waals surface area contributed by atoms with E-state index in [9.17, 15) is 22.9 Å². The summed E-state index contributed by atoms with van der Waals surface area (Å²) >= 11 is 6.00. The lowest BCUT2D eigenvalue weighted by atomic mass is 10.1. The Labute approximate surface area is 143 Å². The van der Waals surface area contributed by atoms with Gasteiger partial charge in [0, 0.05) is 28.6 Å². The highest BCUT2D eigenvalue weighted by Gasteiger charge is 2.23. The summed E-state index contributed by atoms with van der Waals surface area (Å²) in [6, 6.07) is 7.30. The van der Waals surface area contributed by atoms with Crippen molar-refractivity contribution in [2.75, 3.05) is 11.6 Å². The summed E-state index contributed by atoms with van der Waals surface area (Å²) in [5, 5.41) is 14.1. The van der Waals surface area contributed by atoms with Crippen molar-refractivity contribution in [3.63, 3.8) is 0 Å². The van der Waals surface area contributed by atoms with E-state index in [1.807, 2.05) is 0 Å². The summed E-state index contributed by atoms with van der Waals surface area (Å²) in [4.78, 5) is 9.79. The molecular formula is C15H14ClFN2O4S. The Balaban J connectivity index is 2.42. The topological polar surface area (TPSA) is 89.3 Å². The van der Waals surface area contributed by atoms with Crippen LogP contribution >= 0.6 is 11.6 Å². The SMILES string of the molecule is CC(Nc1ccc([N+](=O)[O-])c(S(C)(=O)=O)c1)c1c(F)cccc1Cl. The molecule has 0 bridgehead atoms. The van der Waals surface area contributed by atoms with Crippen molar-refractivity contribution < 1.29 is 17.7 Å². The predicted octanol–water partition coefficient (Wildman–Crippen LogP) is 3.96. The Bertz CT molecular complexity index is 882. The van der Waals surface area contributed by atoms with Gasteiger partial charge >= 0.3 is 0 Å². The molecule has 128 valence electrons. The van der Waals surface area contributed by atoms with Crippen LogP contribution in [0.4, 0.5) is 15.8 Å². The maximum absolute atomic E-state index is 13.9. The molecule has 0 aromatic heterocycles. The lowest BCUT2D eigenvalue weighted by molar-refractivity contribution is -0.387. The van der Waals surface area contributed by atoms with Gasteiger partial charge in [0.2, 0.25) is 0 Å². The smallest absolute Gasteiger partial charge is 0.288 e. The monoisotopic (exact) mass is 372 g/mol. The van der Waals surface area contributed by atoms with E-state index in [4.69, 9.17) is 11.6 Å². The third kappa shape index (κ3) is 3.82. The number of nitrogens with zero attached hydrogens (tertiary/aromatic N) is 1. The van der Waals surface area contributed by atoms with E-state index >= 15 is 0 Å². The third-order valence-electron chi connectivity index (χ3n) is 3.37. The van der Waals surface area contributed by atoms with E-state index in [1.54, 1.807) is 6.92 Å². The second-order valence-electron chi connectivity index (χ2n) is 5.21. The van der Waals surface area contributed by atoms with E-state index in [0.29, 0.717) is 5.69 Å². The normalized spacial score (nSPS) is 12.7. The molecule has 0 saturated carbocycles. The van der Waals surface area contributed by atoms with E-state index < -0.39 is 37.2 Å². The summed E-state index contributed by atoms with van der Waals surface area (Å²) in [5.74, 6) is -0.507. The molecule has 0 aliphatic heterocycles. The van der Waals surface area contributed by atoms with Crippen LogP contribution in [-0.4, -0.2) is 19.6 Å². The molecule has 1 atom stereocenters. The van der Waals surface area contributed by atoms with Crippen LogP contribution < -0.4 is 5.32 Å². The van der Waals surface area contributed by atoms with Crippen molar-refractivity contribution in [1.29, 1.82) is 0 Å². The molecule has 0 aliphatic rings. The van der Waals surface area contributed by atoms with Gasteiger partial charge in [-0.15, -0.1) is 0 Å². The summed E-state index contributed by atoms with van der Waals surface area (Å²) in [6.45, 7) is 1.64. The highest BCUT2D eigenvalue weighted by molar-refractivity contribution is 7.90. The summed E-state index contributed by atoms with van der Waals surface area (Å²) < 4.78 is 37.5. The molecule has 2 rings (SSSR count). The predicted molar refractivity (Wildman–Crippen MR) is 89.7 cm³/mol. The second kappa shape index (κ2) is 6.74. The first kappa shape index (κ1) is 18.2. The minimum Gasteiger partial charge on any atom is -0.378 e. The number of nitro benzene ring substituents is 1. The molecule has 0 radical (unpaired) electrons. The number of halogens is 2. The molecule has 0 spiro atoms. The summed E-state index contributed by atoms with van der Waals surface area (Å²) in [7, 11) is -3.80. The quantitative estimate of drug-likeness (QED) is 0.633. The molecule has 0 heterocycles. The van der Waals surface area contributed by atoms with Crippen LogP contribution in [0.5, 0.6) is 0 Å². The van der Waals surface area contributed by atoms with Gasteiger partial charge in [-0.3, -0.25) is 10.1 Å². The van der Waals surface area contributed by atoms with Gasteiger partial charge < -0.3 is 5.32 Å². The number of nitro groups is 1. The molecule has 2 aromatic carbocycles. The number of sulfone groups is 1. The van der Waals surface area contributed by atoms with Gasteiger partial charge in [-0.2, -0.15) is 0 Å². The van der Waals surface area contributed by atoms with E-state index in [-0.39, 0.29) is 10.6 Å². The van der Waals surface area contributed by atoms with Crippen LogP contribution in [0.2, 0.25) is 5.02 Å². The number of rotatable bonds is 5. The minimum atomic E-state index is -3.80. The largest absolute Gasteiger partial charge is 0.378 e. The maximum Gasteiger partial charge on any atom is 0.288 e. The molecule has 9 heteroatoms. The molecular weight excluding hydrogens is 359 g/mol. The number of nitrogens with one attached hydrogen (secondary N) is 1. The zero-order chi connectivity index (χ0) is 18.1. The Kier molecular flexibility index (Phi) is 5.10. The molecule has 0 fully saturated rings. The van der Waals surface area contributed by atoms with Gasteiger partial charge in [-0.25, -0.2) is 12.8 Å². The number of benzene rings is 2. The Morgan fingerprint density at radius 2 is 1.96 bits per heavy atom. The molecule has 1 N–H and O–H groups in total. The van der Waals surface area contributed by atoms with Gasteiger partial charge in [0.15, 0.2) is 9.84 Å². The van der Waals surface area contributed by atoms with Crippen LogP contribution in [0.1, 0.15) is 18.5 Å². The van der Waals surface area contributed by atoms with Crippen LogP contribution in [0.15, 0.2) is 41.3 Å². The number of anilines is 1. The first-order valence-corrected chi connectivity index (χ1v) is 9.07. The summed E-state index contributed by atoms with van der Waals surface area (Å²) in [5.41, 5.74) is 0.00546. The van der Waals surface area contributed by atoms with E-state index in [0.717, 1.165) is 18.4 Å². The zero-order valence-electron chi connectivity index (χ0n) is 12.8. The highest BCUT2D eigenvalue weighted by atomic mass is 35.5. The van der Waals surface area contributed by atoms with Crippen LogP contribution in [0.25, 0.3) is 0 Å². The Morgan fingerprint density at radius 1 is 1.29 bits per heavy atom. The number of hydrogen-bond acceptors (Lipinski definition) is 5. The first-order valence-electron chi connectivity index (χ1n) is 6.80. The Morgan fingerprint density at radius 3 is 2.50 bits per heavy atom. The van der Waals surface area contributed by atoms with Crippen molar-refractivity contribution in [2.24, 2.45) is 0 Å². The average Bonchev–Trinajstić information content (AvgIpc) is 2.45. The first-order chi connectivity index (χ1) is 11.1. The molecule has 0 saturated heterocycles. The van der Waals surface area contributed by atoms with Gasteiger partial charge in [0.1, 0.15) is 10.7 Å². The van der Waals surface area contributed by atoms with Crippen LogP contribution in [0.3, 0.4) is 0 Å². The highest BCUT2D eigenvalue weighted by Crippen LogP contribution is 2.31. The molecule has 0 aliphatic carbocycles. The van der Waals surface area contributed by atoms with Gasteiger partial charge in [0.05, 0.1) is 11.0 Å².